The molecule has 0 unspecified atom stereocenters. The molecule has 2 aromatic carbocycles. The molecule has 1 heterocycles. The monoisotopic (exact) mass is 312 g/mol. The van der Waals surface area contributed by atoms with Crippen molar-refractivity contribution in [3.05, 3.63) is 53.6 Å². The van der Waals surface area contributed by atoms with Crippen LogP contribution in [0.5, 0.6) is 5.75 Å². The number of fused-ring (bicyclic) bond motifs is 1. The van der Waals surface area contributed by atoms with Gasteiger partial charge in [-0.05, 0) is 43.2 Å². The summed E-state index contributed by atoms with van der Waals surface area (Å²) in [4.78, 5) is 16.4. The maximum atomic E-state index is 12.0. The summed E-state index contributed by atoms with van der Waals surface area (Å²) >= 11 is 1.47. The molecule has 1 N–H and O–H groups in total. The molecule has 0 saturated heterocycles. The maximum Gasteiger partial charge on any atom is 0.264 e. The van der Waals surface area contributed by atoms with E-state index in [0.29, 0.717) is 10.9 Å². The van der Waals surface area contributed by atoms with Gasteiger partial charge in [-0.1, -0.05) is 35.6 Å². The fourth-order valence-electron chi connectivity index (χ4n) is 2.15. The number of aromatic nitrogens is 1. The van der Waals surface area contributed by atoms with Crippen LogP contribution in [0, 0.1) is 13.8 Å². The van der Waals surface area contributed by atoms with E-state index in [4.69, 9.17) is 4.74 Å². The zero-order valence-corrected chi connectivity index (χ0v) is 13.2. The largest absolute Gasteiger partial charge is 0.484 e. The van der Waals surface area contributed by atoms with E-state index in [-0.39, 0.29) is 12.5 Å². The van der Waals surface area contributed by atoms with Gasteiger partial charge in [0, 0.05) is 0 Å². The lowest BCUT2D eigenvalue weighted by Gasteiger charge is -2.06. The van der Waals surface area contributed by atoms with Crippen molar-refractivity contribution in [3.8, 4) is 5.75 Å². The first-order chi connectivity index (χ1) is 10.6. The van der Waals surface area contributed by atoms with E-state index in [0.717, 1.165) is 21.3 Å². The third-order valence-electron chi connectivity index (χ3n) is 3.23. The molecule has 5 heteroatoms. The van der Waals surface area contributed by atoms with Gasteiger partial charge in [-0.3, -0.25) is 10.1 Å². The quantitative estimate of drug-likeness (QED) is 0.794. The van der Waals surface area contributed by atoms with Crippen molar-refractivity contribution < 1.29 is 9.53 Å². The fourth-order valence-corrected chi connectivity index (χ4v) is 3.11. The summed E-state index contributed by atoms with van der Waals surface area (Å²) < 4.78 is 6.55. The predicted molar refractivity (Wildman–Crippen MR) is 89.7 cm³/mol. The van der Waals surface area contributed by atoms with Crippen molar-refractivity contribution in [3.63, 3.8) is 0 Å². The summed E-state index contributed by atoms with van der Waals surface area (Å²) in [6, 6.07) is 13.6. The second-order valence-corrected chi connectivity index (χ2v) is 6.12. The topological polar surface area (TPSA) is 51.2 Å². The van der Waals surface area contributed by atoms with E-state index < -0.39 is 0 Å². The Labute approximate surface area is 132 Å². The molecule has 3 rings (SSSR count). The number of ether oxygens (including phenoxy) is 1. The Kier molecular flexibility index (Phi) is 4.06. The minimum Gasteiger partial charge on any atom is -0.484 e. The molecule has 0 spiro atoms. The van der Waals surface area contributed by atoms with Crippen molar-refractivity contribution in [1.82, 2.24) is 4.98 Å². The van der Waals surface area contributed by atoms with Gasteiger partial charge in [0.2, 0.25) is 0 Å². The molecule has 4 nitrogen and oxygen atoms in total. The van der Waals surface area contributed by atoms with Crippen LogP contribution in [0.4, 0.5) is 5.13 Å². The van der Waals surface area contributed by atoms with Gasteiger partial charge in [0.25, 0.3) is 5.91 Å². The Morgan fingerprint density at radius 2 is 2.05 bits per heavy atom. The third-order valence-corrected chi connectivity index (χ3v) is 4.16. The number of aryl methyl sites for hydroxylation is 2. The second-order valence-electron chi connectivity index (χ2n) is 5.09. The minimum atomic E-state index is -0.210. The van der Waals surface area contributed by atoms with E-state index in [2.05, 4.69) is 10.3 Å². The molecule has 112 valence electrons. The van der Waals surface area contributed by atoms with Crippen molar-refractivity contribution >= 4 is 32.6 Å². The summed E-state index contributed by atoms with van der Waals surface area (Å²) in [5.41, 5.74) is 3.13. The number of benzene rings is 2. The van der Waals surface area contributed by atoms with Gasteiger partial charge in [-0.25, -0.2) is 4.98 Å². The first-order valence-electron chi connectivity index (χ1n) is 6.97. The lowest BCUT2D eigenvalue weighted by molar-refractivity contribution is -0.118. The van der Waals surface area contributed by atoms with Crippen LogP contribution >= 0.6 is 11.3 Å². The Morgan fingerprint density at radius 3 is 2.82 bits per heavy atom. The Morgan fingerprint density at radius 1 is 1.23 bits per heavy atom. The molecule has 1 aromatic heterocycles. The lowest BCUT2D eigenvalue weighted by Crippen LogP contribution is -2.20. The number of hydrogen-bond donors (Lipinski definition) is 1. The van der Waals surface area contributed by atoms with E-state index >= 15 is 0 Å². The van der Waals surface area contributed by atoms with Gasteiger partial charge in [-0.2, -0.15) is 0 Å². The van der Waals surface area contributed by atoms with Crippen molar-refractivity contribution in [2.75, 3.05) is 11.9 Å². The Bertz CT molecular complexity index is 826. The number of rotatable bonds is 4. The van der Waals surface area contributed by atoms with Crippen molar-refractivity contribution in [2.45, 2.75) is 13.8 Å². The molecule has 0 saturated carbocycles. The molecule has 3 aromatic rings. The van der Waals surface area contributed by atoms with Gasteiger partial charge in [0.15, 0.2) is 11.7 Å². The first kappa shape index (κ1) is 14.5. The molecule has 0 aliphatic carbocycles. The first-order valence-corrected chi connectivity index (χ1v) is 7.79. The number of amides is 1. The van der Waals surface area contributed by atoms with Gasteiger partial charge < -0.3 is 4.74 Å². The van der Waals surface area contributed by atoms with E-state index in [1.54, 1.807) is 0 Å². The minimum absolute atomic E-state index is 0.0294. The number of carbonyl (C=O) groups excluding carboxylic acids is 1. The molecule has 0 bridgehead atoms. The number of para-hydroxylation sites is 1. The maximum absolute atomic E-state index is 12.0. The van der Waals surface area contributed by atoms with Crippen molar-refractivity contribution in [1.29, 1.82) is 0 Å². The smallest absolute Gasteiger partial charge is 0.264 e. The summed E-state index contributed by atoms with van der Waals surface area (Å²) in [5, 5.41) is 3.39. The molecular formula is C17H16N2O2S. The zero-order valence-electron chi connectivity index (χ0n) is 12.4. The normalized spacial score (nSPS) is 10.6. The van der Waals surface area contributed by atoms with E-state index in [1.165, 1.54) is 11.3 Å². The molecule has 0 fully saturated rings. The zero-order chi connectivity index (χ0) is 15.5. The lowest BCUT2D eigenvalue weighted by atomic mass is 10.2. The van der Waals surface area contributed by atoms with Gasteiger partial charge in [0.05, 0.1) is 10.2 Å². The molecule has 0 radical (unpaired) electrons. The SMILES string of the molecule is Cc1cccc(OCC(=O)Nc2nc3c(C)cccc3s2)c1. The predicted octanol–water partition coefficient (Wildman–Crippen LogP) is 3.93. The number of hydrogen-bond acceptors (Lipinski definition) is 4. The second kappa shape index (κ2) is 6.15. The number of nitrogens with one attached hydrogen (secondary N) is 1. The van der Waals surface area contributed by atoms with Crippen LogP contribution in [0.3, 0.4) is 0 Å². The Balaban J connectivity index is 1.64. The molecule has 0 aliphatic rings. The van der Waals surface area contributed by atoms with Crippen LogP contribution in [-0.4, -0.2) is 17.5 Å². The van der Waals surface area contributed by atoms with Crippen LogP contribution in [-0.2, 0) is 4.79 Å². The number of carbonyl (C=O) groups is 1. The van der Waals surface area contributed by atoms with Crippen LogP contribution in [0.25, 0.3) is 10.2 Å². The fraction of sp³-hybridized carbons (Fsp3) is 0.176. The summed E-state index contributed by atoms with van der Waals surface area (Å²) in [6.45, 7) is 3.96. The third kappa shape index (κ3) is 3.26. The van der Waals surface area contributed by atoms with Crippen LogP contribution in [0.15, 0.2) is 42.5 Å². The summed E-state index contributed by atoms with van der Waals surface area (Å²) in [7, 11) is 0. The highest BCUT2D eigenvalue weighted by molar-refractivity contribution is 7.22. The van der Waals surface area contributed by atoms with Gasteiger partial charge >= 0.3 is 0 Å². The van der Waals surface area contributed by atoms with Crippen LogP contribution in [0.2, 0.25) is 0 Å². The highest BCUT2D eigenvalue weighted by Crippen LogP contribution is 2.27. The molecule has 22 heavy (non-hydrogen) atoms. The van der Waals surface area contributed by atoms with Crippen LogP contribution in [0.1, 0.15) is 11.1 Å². The van der Waals surface area contributed by atoms with E-state index in [9.17, 15) is 4.79 Å². The standard InChI is InChI=1S/C17H16N2O2S/c1-11-5-3-7-13(9-11)21-10-15(20)18-17-19-16-12(2)6-4-8-14(16)22-17/h3-9H,10H2,1-2H3,(H,18,19,20). The van der Waals surface area contributed by atoms with Crippen LogP contribution < -0.4 is 10.1 Å². The van der Waals surface area contributed by atoms with Crippen molar-refractivity contribution in [2.24, 2.45) is 0 Å². The summed E-state index contributed by atoms with van der Waals surface area (Å²) in [5.74, 6) is 0.480. The van der Waals surface area contributed by atoms with Gasteiger partial charge in [-0.15, -0.1) is 0 Å². The number of anilines is 1. The summed E-state index contributed by atoms with van der Waals surface area (Å²) in [6.07, 6.45) is 0. The molecule has 1 amide bonds. The average Bonchev–Trinajstić information content (AvgIpc) is 2.89. The average molecular weight is 312 g/mol. The van der Waals surface area contributed by atoms with E-state index in [1.807, 2.05) is 56.3 Å². The highest BCUT2D eigenvalue weighted by Gasteiger charge is 2.09. The highest BCUT2D eigenvalue weighted by atomic mass is 32.1. The molecular weight excluding hydrogens is 296 g/mol. The molecule has 0 aliphatic heterocycles. The Hall–Kier alpha value is -2.40. The van der Waals surface area contributed by atoms with Gasteiger partial charge in [0.1, 0.15) is 5.75 Å². The number of nitrogens with zero attached hydrogens (tertiary/aromatic N) is 1. The molecule has 0 atom stereocenters. The number of thiazole rings is 1.